The zero-order valence-corrected chi connectivity index (χ0v) is 16.3. The van der Waals surface area contributed by atoms with Crippen LogP contribution in [0.4, 0.5) is 0 Å². The summed E-state index contributed by atoms with van der Waals surface area (Å²) in [5, 5.41) is 9.64. The molecule has 3 amide bonds. The number of hydroxylamine groups is 1. The van der Waals surface area contributed by atoms with Gasteiger partial charge in [-0.2, -0.15) is 0 Å². The molecule has 0 rings (SSSR count). The van der Waals surface area contributed by atoms with Gasteiger partial charge >= 0.3 is 0 Å². The fraction of sp³-hybridized carbons (Fsp3) is 0.824. The van der Waals surface area contributed by atoms with E-state index in [0.29, 0.717) is 0 Å². The van der Waals surface area contributed by atoms with Crippen LogP contribution < -0.4 is 11.2 Å². The van der Waals surface area contributed by atoms with Crippen molar-refractivity contribution in [3.63, 3.8) is 0 Å². The Morgan fingerprint density at radius 2 is 1.72 bits per heavy atom. The molecule has 8 nitrogen and oxygen atoms in total. The predicted octanol–water partition coefficient (Wildman–Crippen LogP) is 0.293. The molecule has 4 N–H and O–H groups in total. The molecule has 0 spiro atoms. The fourth-order valence-electron chi connectivity index (χ4n) is 2.45. The molecule has 0 aromatic heterocycles. The highest BCUT2D eigenvalue weighted by molar-refractivity contribution is 5.90. The lowest BCUT2D eigenvalue weighted by molar-refractivity contribution is -0.148. The normalized spacial score (nSPS) is 15.4. The van der Waals surface area contributed by atoms with Gasteiger partial charge in [0.05, 0.1) is 17.9 Å². The first-order chi connectivity index (χ1) is 11.3. The van der Waals surface area contributed by atoms with Gasteiger partial charge in [0.25, 0.3) is 0 Å². The van der Waals surface area contributed by atoms with Gasteiger partial charge < -0.3 is 15.7 Å². The number of aliphatic hydroxyl groups is 1. The summed E-state index contributed by atoms with van der Waals surface area (Å²) >= 11 is 0. The molecule has 0 heterocycles. The minimum atomic E-state index is -0.964. The minimum Gasteiger partial charge on any atom is -0.390 e. The largest absolute Gasteiger partial charge is 0.390 e. The first-order valence-corrected chi connectivity index (χ1v) is 8.38. The van der Waals surface area contributed by atoms with E-state index in [0.717, 1.165) is 0 Å². The van der Waals surface area contributed by atoms with Crippen LogP contribution in [0.5, 0.6) is 0 Å². The van der Waals surface area contributed by atoms with Gasteiger partial charge in [0.1, 0.15) is 6.61 Å². The fourth-order valence-corrected chi connectivity index (χ4v) is 2.45. The maximum absolute atomic E-state index is 12.5. The van der Waals surface area contributed by atoms with Crippen LogP contribution in [0.25, 0.3) is 0 Å². The minimum absolute atomic E-state index is 0.0155. The number of nitrogens with one attached hydrogen (secondary N) is 1. The van der Waals surface area contributed by atoms with Crippen LogP contribution in [0, 0.1) is 23.2 Å². The molecule has 3 atom stereocenters. The van der Waals surface area contributed by atoms with Gasteiger partial charge in [0.2, 0.25) is 17.7 Å². The maximum Gasteiger partial charge on any atom is 0.244 e. The lowest BCUT2D eigenvalue weighted by Gasteiger charge is -2.36. The summed E-state index contributed by atoms with van der Waals surface area (Å²) in [6.07, 6.45) is -0.987. The van der Waals surface area contributed by atoms with Gasteiger partial charge in [-0.05, 0) is 11.3 Å². The van der Waals surface area contributed by atoms with Crippen LogP contribution >= 0.6 is 0 Å². The molecule has 0 bridgehead atoms. The van der Waals surface area contributed by atoms with Gasteiger partial charge in [-0.1, -0.05) is 34.6 Å². The molecular weight excluding hydrogens is 326 g/mol. The van der Waals surface area contributed by atoms with Crippen LogP contribution in [-0.2, 0) is 19.2 Å². The van der Waals surface area contributed by atoms with E-state index in [1.807, 2.05) is 34.6 Å². The van der Waals surface area contributed by atoms with E-state index in [2.05, 4.69) is 5.48 Å². The Kier molecular flexibility index (Phi) is 9.07. The summed E-state index contributed by atoms with van der Waals surface area (Å²) in [7, 11) is 3.19. The number of aliphatic hydroxyl groups excluding tert-OH is 1. The summed E-state index contributed by atoms with van der Waals surface area (Å²) in [4.78, 5) is 42.9. The number of rotatable bonds is 9. The molecule has 0 fully saturated rings. The first-order valence-electron chi connectivity index (χ1n) is 8.38. The van der Waals surface area contributed by atoms with E-state index in [9.17, 15) is 19.5 Å². The Hall–Kier alpha value is -1.67. The number of primary amides is 1. The van der Waals surface area contributed by atoms with Crippen LogP contribution in [0.15, 0.2) is 0 Å². The molecule has 8 heteroatoms. The third-order valence-corrected chi connectivity index (χ3v) is 4.02. The predicted molar refractivity (Wildman–Crippen MR) is 93.9 cm³/mol. The van der Waals surface area contributed by atoms with Gasteiger partial charge in [-0.15, -0.1) is 0 Å². The Balaban J connectivity index is 5.05. The van der Waals surface area contributed by atoms with E-state index in [1.165, 1.54) is 4.90 Å². The zero-order chi connectivity index (χ0) is 19.9. The highest BCUT2D eigenvalue weighted by Crippen LogP contribution is 2.35. The number of carbonyl (C=O) groups excluding carboxylic acids is 3. The molecule has 0 saturated heterocycles. The highest BCUT2D eigenvalue weighted by atomic mass is 16.7. The highest BCUT2D eigenvalue weighted by Gasteiger charge is 2.42. The molecule has 0 aliphatic heterocycles. The Labute approximate surface area is 150 Å². The van der Waals surface area contributed by atoms with Crippen molar-refractivity contribution in [3.05, 3.63) is 0 Å². The topological polar surface area (TPSA) is 122 Å². The SMILES string of the molecule is CC(C)C(O)CONC(=O)CC(C(N)=O)[C@H](C(=O)N(C)C)C(C)(C)C. The van der Waals surface area contributed by atoms with Crippen molar-refractivity contribution in [3.8, 4) is 0 Å². The quantitative estimate of drug-likeness (QED) is 0.511. The monoisotopic (exact) mass is 359 g/mol. The van der Waals surface area contributed by atoms with Gasteiger partial charge in [-0.3, -0.25) is 19.2 Å². The van der Waals surface area contributed by atoms with Crippen LogP contribution in [0.2, 0.25) is 0 Å². The Bertz CT molecular complexity index is 471. The summed E-state index contributed by atoms with van der Waals surface area (Å²) in [6.45, 7) is 9.04. The Morgan fingerprint density at radius 1 is 1.20 bits per heavy atom. The zero-order valence-electron chi connectivity index (χ0n) is 16.3. The smallest absolute Gasteiger partial charge is 0.244 e. The molecule has 25 heavy (non-hydrogen) atoms. The lowest BCUT2D eigenvalue weighted by Crippen LogP contribution is -2.47. The standard InChI is InChI=1S/C17H33N3O5/c1-10(2)12(21)9-25-19-13(22)8-11(15(18)23)14(17(3,4)5)16(24)20(6)7/h10-12,14,21H,8-9H2,1-7H3,(H2,18,23)(H,19,22)/t11?,12?,14-/m1/s1. The second kappa shape index (κ2) is 9.72. The van der Waals surface area contributed by atoms with Crippen molar-refractivity contribution in [2.45, 2.75) is 47.1 Å². The summed E-state index contributed by atoms with van der Waals surface area (Å²) in [5.74, 6) is -3.27. The molecular formula is C17H33N3O5. The van der Waals surface area contributed by atoms with Crippen molar-refractivity contribution < 1.29 is 24.3 Å². The van der Waals surface area contributed by atoms with E-state index in [4.69, 9.17) is 10.6 Å². The van der Waals surface area contributed by atoms with Crippen LogP contribution in [0.1, 0.15) is 41.0 Å². The summed E-state index contributed by atoms with van der Waals surface area (Å²) < 4.78 is 0. The molecule has 0 saturated carbocycles. The van der Waals surface area contributed by atoms with Crippen molar-refractivity contribution >= 4 is 17.7 Å². The molecule has 0 aliphatic carbocycles. The van der Waals surface area contributed by atoms with Crippen LogP contribution in [-0.4, -0.2) is 54.5 Å². The molecule has 0 aliphatic rings. The second-order valence-corrected chi connectivity index (χ2v) is 7.94. The lowest BCUT2D eigenvalue weighted by atomic mass is 9.70. The van der Waals surface area contributed by atoms with Gasteiger partial charge in [-0.25, -0.2) is 5.48 Å². The molecule has 0 aromatic rings. The molecule has 146 valence electrons. The second-order valence-electron chi connectivity index (χ2n) is 7.94. The van der Waals surface area contributed by atoms with E-state index in [1.54, 1.807) is 14.1 Å². The molecule has 0 radical (unpaired) electrons. The van der Waals surface area contributed by atoms with E-state index >= 15 is 0 Å². The number of nitrogens with two attached hydrogens (primary N) is 1. The Morgan fingerprint density at radius 3 is 2.08 bits per heavy atom. The number of hydrogen-bond acceptors (Lipinski definition) is 5. The average molecular weight is 359 g/mol. The number of carbonyl (C=O) groups is 3. The number of amides is 3. The molecule has 0 aromatic carbocycles. The summed E-state index contributed by atoms with van der Waals surface area (Å²) in [6, 6.07) is 0. The third kappa shape index (κ3) is 7.83. The van der Waals surface area contributed by atoms with Crippen molar-refractivity contribution in [1.29, 1.82) is 0 Å². The third-order valence-electron chi connectivity index (χ3n) is 4.02. The number of nitrogens with zero attached hydrogens (tertiary/aromatic N) is 1. The van der Waals surface area contributed by atoms with E-state index in [-0.39, 0.29) is 24.9 Å². The van der Waals surface area contributed by atoms with E-state index < -0.39 is 35.2 Å². The summed E-state index contributed by atoms with van der Waals surface area (Å²) in [5.41, 5.74) is 7.10. The van der Waals surface area contributed by atoms with Gasteiger partial charge in [0.15, 0.2) is 0 Å². The van der Waals surface area contributed by atoms with Crippen molar-refractivity contribution in [1.82, 2.24) is 10.4 Å². The van der Waals surface area contributed by atoms with Crippen molar-refractivity contribution in [2.24, 2.45) is 28.9 Å². The van der Waals surface area contributed by atoms with Crippen LogP contribution in [0.3, 0.4) is 0 Å². The van der Waals surface area contributed by atoms with Crippen molar-refractivity contribution in [2.75, 3.05) is 20.7 Å². The van der Waals surface area contributed by atoms with Gasteiger partial charge in [0, 0.05) is 20.5 Å². The average Bonchev–Trinajstić information content (AvgIpc) is 2.44. The number of hydrogen-bond donors (Lipinski definition) is 3. The maximum atomic E-state index is 12.5. The first kappa shape index (κ1) is 23.3. The molecule has 2 unspecified atom stereocenters.